The number of hydrogen-bond donors (Lipinski definition) is 1. The first-order valence-corrected chi connectivity index (χ1v) is 7.73. The molecule has 3 aromatic carbocycles. The van der Waals surface area contributed by atoms with Gasteiger partial charge >= 0.3 is 0 Å². The minimum absolute atomic E-state index is 1.20. The van der Waals surface area contributed by atoms with Crippen LogP contribution in [0.4, 0.5) is 0 Å². The molecule has 4 rings (SSSR count). The Labute approximate surface area is 130 Å². The molecular formula is C21H19N. The van der Waals surface area contributed by atoms with E-state index in [2.05, 4.69) is 80.4 Å². The van der Waals surface area contributed by atoms with E-state index in [1.807, 2.05) is 0 Å². The highest BCUT2D eigenvalue weighted by atomic mass is 14.7. The molecule has 0 amide bonds. The third-order valence-corrected chi connectivity index (χ3v) is 4.54. The number of aromatic amines is 1. The number of H-pyrrole nitrogens is 1. The number of rotatable bonds is 1. The Bertz CT molecular complexity index is 1010. The van der Waals surface area contributed by atoms with Gasteiger partial charge in [-0.15, -0.1) is 0 Å². The molecule has 0 spiro atoms. The van der Waals surface area contributed by atoms with Crippen LogP contribution in [0, 0.1) is 20.8 Å². The van der Waals surface area contributed by atoms with Gasteiger partial charge in [-0.1, -0.05) is 54.1 Å². The average Bonchev–Trinajstić information content (AvgIpc) is 2.87. The summed E-state index contributed by atoms with van der Waals surface area (Å²) in [6.45, 7) is 6.54. The molecule has 0 aliphatic carbocycles. The topological polar surface area (TPSA) is 15.8 Å². The largest absolute Gasteiger partial charge is 0.354 e. The molecule has 0 aliphatic heterocycles. The summed E-state index contributed by atoms with van der Waals surface area (Å²) in [7, 11) is 0. The lowest BCUT2D eigenvalue weighted by atomic mass is 9.93. The number of benzene rings is 3. The summed E-state index contributed by atoms with van der Waals surface area (Å²) in [4.78, 5) is 3.63. The van der Waals surface area contributed by atoms with E-state index in [1.165, 1.54) is 49.6 Å². The van der Waals surface area contributed by atoms with E-state index in [-0.39, 0.29) is 0 Å². The van der Waals surface area contributed by atoms with Gasteiger partial charge in [0.1, 0.15) is 0 Å². The van der Waals surface area contributed by atoms with Crippen molar-refractivity contribution >= 4 is 21.8 Å². The van der Waals surface area contributed by atoms with Gasteiger partial charge in [-0.05, 0) is 43.5 Å². The Morgan fingerprint density at radius 1 is 0.727 bits per heavy atom. The van der Waals surface area contributed by atoms with E-state index < -0.39 is 0 Å². The second-order valence-corrected chi connectivity index (χ2v) is 6.17. The standard InChI is InChI=1S/C21H19N/c1-13-8-10-16(15(3)12-13)20-14(2)9-11-18-17-6-4-5-7-19(17)22-21(18)20/h4-12,22H,1-3H3. The SMILES string of the molecule is Cc1ccc(-c2c(C)ccc3c2[nH]c2ccccc23)c(C)c1. The van der Waals surface area contributed by atoms with Crippen LogP contribution in [0.25, 0.3) is 32.9 Å². The van der Waals surface area contributed by atoms with E-state index in [4.69, 9.17) is 0 Å². The first kappa shape index (κ1) is 13.1. The monoisotopic (exact) mass is 285 g/mol. The fraction of sp³-hybridized carbons (Fsp3) is 0.143. The average molecular weight is 285 g/mol. The van der Waals surface area contributed by atoms with Gasteiger partial charge in [-0.2, -0.15) is 0 Å². The van der Waals surface area contributed by atoms with Crippen molar-refractivity contribution < 1.29 is 0 Å². The minimum Gasteiger partial charge on any atom is -0.354 e. The molecule has 1 heterocycles. The van der Waals surface area contributed by atoms with Crippen molar-refractivity contribution in [2.45, 2.75) is 20.8 Å². The maximum Gasteiger partial charge on any atom is 0.0547 e. The zero-order valence-electron chi connectivity index (χ0n) is 13.2. The van der Waals surface area contributed by atoms with Crippen LogP contribution in [0.2, 0.25) is 0 Å². The highest BCUT2D eigenvalue weighted by Gasteiger charge is 2.13. The van der Waals surface area contributed by atoms with Gasteiger partial charge in [0.2, 0.25) is 0 Å². The van der Waals surface area contributed by atoms with Gasteiger partial charge in [0, 0.05) is 21.9 Å². The third kappa shape index (κ3) is 1.86. The highest BCUT2D eigenvalue weighted by molar-refractivity contribution is 6.12. The van der Waals surface area contributed by atoms with Crippen LogP contribution < -0.4 is 0 Å². The first-order valence-electron chi connectivity index (χ1n) is 7.73. The number of nitrogens with one attached hydrogen (secondary N) is 1. The lowest BCUT2D eigenvalue weighted by molar-refractivity contribution is 1.36. The van der Waals surface area contributed by atoms with Crippen molar-refractivity contribution in [1.82, 2.24) is 4.98 Å². The number of fused-ring (bicyclic) bond motifs is 3. The molecule has 0 unspecified atom stereocenters. The van der Waals surface area contributed by atoms with Crippen LogP contribution in [-0.2, 0) is 0 Å². The van der Waals surface area contributed by atoms with Gasteiger partial charge in [0.15, 0.2) is 0 Å². The Hall–Kier alpha value is -2.54. The fourth-order valence-electron chi connectivity index (χ4n) is 3.46. The van der Waals surface area contributed by atoms with Crippen molar-refractivity contribution in [2.75, 3.05) is 0 Å². The molecule has 0 fully saturated rings. The quantitative estimate of drug-likeness (QED) is 0.447. The molecule has 1 aromatic heterocycles. The van der Waals surface area contributed by atoms with E-state index in [1.54, 1.807) is 0 Å². The second kappa shape index (κ2) is 4.74. The Balaban J connectivity index is 2.14. The van der Waals surface area contributed by atoms with Crippen molar-refractivity contribution in [3.05, 3.63) is 71.3 Å². The zero-order valence-corrected chi connectivity index (χ0v) is 13.2. The van der Waals surface area contributed by atoms with E-state index >= 15 is 0 Å². The molecule has 0 aliphatic rings. The lowest BCUT2D eigenvalue weighted by Crippen LogP contribution is -1.89. The van der Waals surface area contributed by atoms with Crippen LogP contribution in [0.5, 0.6) is 0 Å². The maximum atomic E-state index is 3.63. The number of aryl methyl sites for hydroxylation is 3. The predicted octanol–water partition coefficient (Wildman–Crippen LogP) is 5.91. The molecule has 0 saturated heterocycles. The summed E-state index contributed by atoms with van der Waals surface area (Å²) in [6.07, 6.45) is 0. The molecule has 108 valence electrons. The molecule has 22 heavy (non-hydrogen) atoms. The molecule has 4 aromatic rings. The summed E-state index contributed by atoms with van der Waals surface area (Å²) in [5.74, 6) is 0. The minimum atomic E-state index is 1.20. The Kier molecular flexibility index (Phi) is 2.83. The van der Waals surface area contributed by atoms with Crippen molar-refractivity contribution in [3.63, 3.8) is 0 Å². The first-order chi connectivity index (χ1) is 10.6. The van der Waals surface area contributed by atoms with Gasteiger partial charge < -0.3 is 4.98 Å². The van der Waals surface area contributed by atoms with Crippen LogP contribution in [0.15, 0.2) is 54.6 Å². The predicted molar refractivity (Wildman–Crippen MR) is 95.5 cm³/mol. The lowest BCUT2D eigenvalue weighted by Gasteiger charge is -2.12. The summed E-state index contributed by atoms with van der Waals surface area (Å²) in [5.41, 5.74) is 9.04. The molecule has 0 radical (unpaired) electrons. The van der Waals surface area contributed by atoms with E-state index in [9.17, 15) is 0 Å². The van der Waals surface area contributed by atoms with Crippen LogP contribution in [0.1, 0.15) is 16.7 Å². The van der Waals surface area contributed by atoms with Gasteiger partial charge in [0.05, 0.1) is 5.52 Å². The summed E-state index contributed by atoms with van der Waals surface area (Å²) in [5, 5.41) is 2.60. The molecule has 1 nitrogen and oxygen atoms in total. The second-order valence-electron chi connectivity index (χ2n) is 6.17. The number of hydrogen-bond acceptors (Lipinski definition) is 0. The van der Waals surface area contributed by atoms with Crippen molar-refractivity contribution in [3.8, 4) is 11.1 Å². The smallest absolute Gasteiger partial charge is 0.0547 e. The van der Waals surface area contributed by atoms with Crippen LogP contribution in [-0.4, -0.2) is 4.98 Å². The fourth-order valence-corrected chi connectivity index (χ4v) is 3.46. The van der Waals surface area contributed by atoms with Gasteiger partial charge in [-0.3, -0.25) is 0 Å². The Morgan fingerprint density at radius 3 is 2.36 bits per heavy atom. The summed E-state index contributed by atoms with van der Waals surface area (Å²) in [6, 6.07) is 19.7. The number of para-hydroxylation sites is 1. The molecular weight excluding hydrogens is 266 g/mol. The molecule has 1 N–H and O–H groups in total. The number of aromatic nitrogens is 1. The third-order valence-electron chi connectivity index (χ3n) is 4.54. The summed E-state index contributed by atoms with van der Waals surface area (Å²) < 4.78 is 0. The molecule has 0 saturated carbocycles. The zero-order chi connectivity index (χ0) is 15.3. The van der Waals surface area contributed by atoms with Crippen LogP contribution in [0.3, 0.4) is 0 Å². The Morgan fingerprint density at radius 2 is 1.55 bits per heavy atom. The van der Waals surface area contributed by atoms with E-state index in [0.717, 1.165) is 0 Å². The molecule has 1 heteroatoms. The molecule has 0 atom stereocenters. The van der Waals surface area contributed by atoms with Gasteiger partial charge in [0.25, 0.3) is 0 Å². The highest BCUT2D eigenvalue weighted by Crippen LogP contribution is 2.36. The van der Waals surface area contributed by atoms with E-state index in [0.29, 0.717) is 0 Å². The maximum absolute atomic E-state index is 3.63. The normalized spacial score (nSPS) is 11.4. The van der Waals surface area contributed by atoms with Crippen LogP contribution >= 0.6 is 0 Å². The summed E-state index contributed by atoms with van der Waals surface area (Å²) >= 11 is 0. The molecule has 0 bridgehead atoms. The van der Waals surface area contributed by atoms with Gasteiger partial charge in [-0.25, -0.2) is 0 Å². The van der Waals surface area contributed by atoms with Crippen molar-refractivity contribution in [1.29, 1.82) is 0 Å². The van der Waals surface area contributed by atoms with Crippen molar-refractivity contribution in [2.24, 2.45) is 0 Å².